The summed E-state index contributed by atoms with van der Waals surface area (Å²) in [5.41, 5.74) is 2.84. The molecule has 144 valence electrons. The molecule has 6 nitrogen and oxygen atoms in total. The number of hydrogen-bond donors (Lipinski definition) is 1. The average molecular weight is 377 g/mol. The molecule has 1 aliphatic rings. The van der Waals surface area contributed by atoms with Crippen molar-refractivity contribution in [3.8, 4) is 17.2 Å². The highest BCUT2D eigenvalue weighted by Crippen LogP contribution is 2.41. The van der Waals surface area contributed by atoms with Gasteiger partial charge in [0.05, 0.1) is 25.1 Å². The lowest BCUT2D eigenvalue weighted by Crippen LogP contribution is -2.25. The van der Waals surface area contributed by atoms with Crippen LogP contribution in [0, 0.1) is 0 Å². The van der Waals surface area contributed by atoms with E-state index in [4.69, 9.17) is 9.47 Å². The summed E-state index contributed by atoms with van der Waals surface area (Å²) in [4.78, 5) is 12.5. The highest BCUT2D eigenvalue weighted by molar-refractivity contribution is 5.94. The van der Waals surface area contributed by atoms with Gasteiger partial charge in [-0.3, -0.25) is 4.79 Å². The molecule has 0 bridgehead atoms. The summed E-state index contributed by atoms with van der Waals surface area (Å²) >= 11 is 0. The molecular formula is C22H23N3O3. The Hall–Kier alpha value is -3.28. The smallest absolute Gasteiger partial charge is 0.226 e. The lowest BCUT2D eigenvalue weighted by Gasteiger charge is -2.26. The fourth-order valence-electron chi connectivity index (χ4n) is 3.55. The van der Waals surface area contributed by atoms with E-state index in [0.29, 0.717) is 12.2 Å². The van der Waals surface area contributed by atoms with Crippen molar-refractivity contribution in [2.75, 3.05) is 12.4 Å². The maximum absolute atomic E-state index is 12.5. The summed E-state index contributed by atoms with van der Waals surface area (Å²) in [5.74, 6) is 2.13. The second-order valence-electron chi connectivity index (χ2n) is 7.07. The third-order valence-corrected chi connectivity index (χ3v) is 4.79. The number of rotatable bonds is 5. The van der Waals surface area contributed by atoms with Crippen molar-refractivity contribution >= 4 is 11.7 Å². The quantitative estimate of drug-likeness (QED) is 0.726. The Balaban J connectivity index is 1.77. The molecule has 0 aliphatic carbocycles. The number of ether oxygens (including phenoxy) is 2. The van der Waals surface area contributed by atoms with Crippen molar-refractivity contribution < 1.29 is 14.3 Å². The molecule has 4 rings (SSSR count). The lowest BCUT2D eigenvalue weighted by atomic mass is 9.87. The van der Waals surface area contributed by atoms with Gasteiger partial charge >= 0.3 is 0 Å². The largest absolute Gasteiger partial charge is 0.497 e. The van der Waals surface area contributed by atoms with Gasteiger partial charge in [0.2, 0.25) is 5.91 Å². The summed E-state index contributed by atoms with van der Waals surface area (Å²) < 4.78 is 13.0. The van der Waals surface area contributed by atoms with Gasteiger partial charge in [-0.25, -0.2) is 4.68 Å². The van der Waals surface area contributed by atoms with E-state index in [1.54, 1.807) is 11.8 Å². The first-order valence-corrected chi connectivity index (χ1v) is 9.34. The first-order valence-electron chi connectivity index (χ1n) is 9.34. The first kappa shape index (κ1) is 18.1. The number of aromatic nitrogens is 2. The SMILES string of the molecule is COc1ccc(-n2ncc3c2NC(=O)CC3c2ccccc2OC(C)C)cc1. The zero-order valence-corrected chi connectivity index (χ0v) is 16.2. The Kier molecular flexibility index (Phi) is 4.77. The van der Waals surface area contributed by atoms with Crippen LogP contribution in [0.4, 0.5) is 5.82 Å². The molecule has 0 saturated heterocycles. The fraction of sp³-hybridized carbons (Fsp3) is 0.273. The molecule has 1 N–H and O–H groups in total. The maximum Gasteiger partial charge on any atom is 0.226 e. The molecule has 1 atom stereocenters. The van der Waals surface area contributed by atoms with E-state index in [9.17, 15) is 4.79 Å². The second kappa shape index (κ2) is 7.38. The molecule has 0 saturated carbocycles. The third-order valence-electron chi connectivity index (χ3n) is 4.79. The van der Waals surface area contributed by atoms with E-state index < -0.39 is 0 Å². The topological polar surface area (TPSA) is 65.4 Å². The Morgan fingerprint density at radius 1 is 1.11 bits per heavy atom. The van der Waals surface area contributed by atoms with E-state index in [1.807, 2.05) is 68.6 Å². The Morgan fingerprint density at radius 3 is 2.57 bits per heavy atom. The highest BCUT2D eigenvalue weighted by atomic mass is 16.5. The Morgan fingerprint density at radius 2 is 1.86 bits per heavy atom. The monoisotopic (exact) mass is 377 g/mol. The van der Waals surface area contributed by atoms with Crippen LogP contribution >= 0.6 is 0 Å². The average Bonchev–Trinajstić information content (AvgIpc) is 3.11. The molecule has 28 heavy (non-hydrogen) atoms. The molecular weight excluding hydrogens is 354 g/mol. The van der Waals surface area contributed by atoms with Crippen molar-refractivity contribution in [3.63, 3.8) is 0 Å². The van der Waals surface area contributed by atoms with Gasteiger partial charge in [-0.05, 0) is 44.2 Å². The highest BCUT2D eigenvalue weighted by Gasteiger charge is 2.32. The molecule has 0 radical (unpaired) electrons. The van der Waals surface area contributed by atoms with Crippen LogP contribution in [0.25, 0.3) is 5.69 Å². The van der Waals surface area contributed by atoms with Crippen LogP contribution in [0.1, 0.15) is 37.3 Å². The molecule has 1 unspecified atom stereocenters. The maximum atomic E-state index is 12.5. The van der Waals surface area contributed by atoms with Crippen molar-refractivity contribution in [2.24, 2.45) is 0 Å². The van der Waals surface area contributed by atoms with Gasteiger partial charge in [-0.2, -0.15) is 5.10 Å². The number of carbonyl (C=O) groups excluding carboxylic acids is 1. The number of methoxy groups -OCH3 is 1. The van der Waals surface area contributed by atoms with Crippen LogP contribution in [0.15, 0.2) is 54.7 Å². The number of hydrogen-bond acceptors (Lipinski definition) is 4. The van der Waals surface area contributed by atoms with E-state index in [2.05, 4.69) is 10.4 Å². The number of nitrogens with zero attached hydrogens (tertiary/aromatic N) is 2. The van der Waals surface area contributed by atoms with Crippen LogP contribution in [-0.4, -0.2) is 28.9 Å². The van der Waals surface area contributed by atoms with Gasteiger partial charge in [0, 0.05) is 23.5 Å². The summed E-state index contributed by atoms with van der Waals surface area (Å²) in [6.45, 7) is 4.00. The zero-order chi connectivity index (χ0) is 19.7. The molecule has 2 heterocycles. The standard InChI is InChI=1S/C22H23N3O3/c1-14(2)28-20-7-5-4-6-17(20)18-12-21(26)24-22-19(18)13-23-25(22)15-8-10-16(27-3)11-9-15/h4-11,13-14,18H,12H2,1-3H3,(H,24,26). The van der Waals surface area contributed by atoms with Crippen LogP contribution in [0.3, 0.4) is 0 Å². The normalized spacial score (nSPS) is 15.9. The van der Waals surface area contributed by atoms with Crippen molar-refractivity contribution in [3.05, 3.63) is 65.9 Å². The van der Waals surface area contributed by atoms with Crippen molar-refractivity contribution in [1.29, 1.82) is 0 Å². The molecule has 2 aromatic carbocycles. The van der Waals surface area contributed by atoms with E-state index in [-0.39, 0.29) is 17.9 Å². The van der Waals surface area contributed by atoms with Gasteiger partial charge in [0.1, 0.15) is 17.3 Å². The molecule has 0 fully saturated rings. The van der Waals surface area contributed by atoms with Crippen molar-refractivity contribution in [1.82, 2.24) is 9.78 Å². The second-order valence-corrected chi connectivity index (χ2v) is 7.07. The Labute approximate surface area is 164 Å². The number of nitrogens with one attached hydrogen (secondary N) is 1. The number of amides is 1. The molecule has 3 aromatic rings. The number of benzene rings is 2. The van der Waals surface area contributed by atoms with Gasteiger partial charge in [0.15, 0.2) is 0 Å². The first-order chi connectivity index (χ1) is 13.6. The molecule has 0 spiro atoms. The number of para-hydroxylation sites is 1. The zero-order valence-electron chi connectivity index (χ0n) is 16.2. The molecule has 6 heteroatoms. The van der Waals surface area contributed by atoms with Gasteiger partial charge in [-0.1, -0.05) is 18.2 Å². The summed E-state index contributed by atoms with van der Waals surface area (Å²) in [7, 11) is 1.63. The van der Waals surface area contributed by atoms with E-state index in [1.165, 1.54) is 0 Å². The summed E-state index contributed by atoms with van der Waals surface area (Å²) in [6.07, 6.45) is 2.25. The molecule has 1 amide bonds. The summed E-state index contributed by atoms with van der Waals surface area (Å²) in [6, 6.07) is 15.5. The number of anilines is 1. The minimum atomic E-state index is -0.106. The van der Waals surface area contributed by atoms with Gasteiger partial charge < -0.3 is 14.8 Å². The Bertz CT molecular complexity index is 993. The van der Waals surface area contributed by atoms with Crippen LogP contribution in [0.5, 0.6) is 11.5 Å². The predicted molar refractivity (Wildman–Crippen MR) is 107 cm³/mol. The number of carbonyl (C=O) groups is 1. The van der Waals surface area contributed by atoms with Crippen LogP contribution in [-0.2, 0) is 4.79 Å². The van der Waals surface area contributed by atoms with Crippen LogP contribution in [0.2, 0.25) is 0 Å². The molecule has 1 aromatic heterocycles. The minimum absolute atomic E-state index is 0.0351. The van der Waals surface area contributed by atoms with Crippen molar-refractivity contribution in [2.45, 2.75) is 32.3 Å². The summed E-state index contributed by atoms with van der Waals surface area (Å²) in [5, 5.41) is 7.53. The lowest BCUT2D eigenvalue weighted by molar-refractivity contribution is -0.116. The van der Waals surface area contributed by atoms with Gasteiger partial charge in [-0.15, -0.1) is 0 Å². The fourth-order valence-corrected chi connectivity index (χ4v) is 3.55. The van der Waals surface area contributed by atoms with Crippen LogP contribution < -0.4 is 14.8 Å². The van der Waals surface area contributed by atoms with E-state index in [0.717, 1.165) is 28.3 Å². The molecule has 1 aliphatic heterocycles. The third kappa shape index (κ3) is 3.33. The minimum Gasteiger partial charge on any atom is -0.497 e. The van der Waals surface area contributed by atoms with Gasteiger partial charge in [0.25, 0.3) is 0 Å². The number of fused-ring (bicyclic) bond motifs is 1. The predicted octanol–water partition coefficient (Wildman–Crippen LogP) is 4.14. The van der Waals surface area contributed by atoms with E-state index >= 15 is 0 Å².